The number of methoxy groups -OCH3 is 1. The van der Waals surface area contributed by atoms with Crippen molar-refractivity contribution in [3.63, 3.8) is 0 Å². The fourth-order valence-corrected chi connectivity index (χ4v) is 3.10. The standard InChI is InChI=1S/C15H30N2O2/c1-5-6-12(9-19-4)17-15(18)13-8-14(16)11(3)7-10(13)2/h10-14H,5-9,16H2,1-4H3,(H,17,18). The second-order valence-corrected chi connectivity index (χ2v) is 6.15. The second-order valence-electron chi connectivity index (χ2n) is 6.15. The number of hydrogen-bond donors (Lipinski definition) is 2. The Hall–Kier alpha value is -0.610. The summed E-state index contributed by atoms with van der Waals surface area (Å²) in [7, 11) is 1.68. The van der Waals surface area contributed by atoms with Crippen LogP contribution in [0, 0.1) is 17.8 Å². The van der Waals surface area contributed by atoms with Crippen molar-refractivity contribution in [2.45, 2.75) is 58.5 Å². The molecule has 0 spiro atoms. The Bertz CT molecular complexity index is 277. The van der Waals surface area contributed by atoms with Gasteiger partial charge in [-0.15, -0.1) is 0 Å². The molecule has 0 aromatic carbocycles. The van der Waals surface area contributed by atoms with Crippen LogP contribution < -0.4 is 11.1 Å². The van der Waals surface area contributed by atoms with E-state index < -0.39 is 0 Å². The van der Waals surface area contributed by atoms with Gasteiger partial charge >= 0.3 is 0 Å². The van der Waals surface area contributed by atoms with Gasteiger partial charge in [-0.1, -0.05) is 27.2 Å². The number of nitrogens with one attached hydrogen (secondary N) is 1. The molecule has 4 heteroatoms. The van der Waals surface area contributed by atoms with Crippen LogP contribution in [-0.4, -0.2) is 31.7 Å². The molecule has 0 aliphatic heterocycles. The highest BCUT2D eigenvalue weighted by atomic mass is 16.5. The molecule has 112 valence electrons. The molecule has 1 aliphatic carbocycles. The number of nitrogens with two attached hydrogens (primary N) is 1. The van der Waals surface area contributed by atoms with E-state index in [4.69, 9.17) is 10.5 Å². The number of ether oxygens (including phenoxy) is 1. The third kappa shape index (κ3) is 4.77. The van der Waals surface area contributed by atoms with Gasteiger partial charge in [-0.3, -0.25) is 4.79 Å². The Kier molecular flexibility index (Phi) is 6.80. The highest BCUT2D eigenvalue weighted by Crippen LogP contribution is 2.33. The molecule has 1 amide bonds. The van der Waals surface area contributed by atoms with Crippen molar-refractivity contribution in [3.8, 4) is 0 Å². The molecule has 1 rings (SSSR count). The fraction of sp³-hybridized carbons (Fsp3) is 0.933. The zero-order chi connectivity index (χ0) is 14.4. The fourth-order valence-electron chi connectivity index (χ4n) is 3.10. The van der Waals surface area contributed by atoms with Crippen LogP contribution in [0.15, 0.2) is 0 Å². The van der Waals surface area contributed by atoms with Gasteiger partial charge in [0.1, 0.15) is 0 Å². The van der Waals surface area contributed by atoms with E-state index in [-0.39, 0.29) is 23.9 Å². The van der Waals surface area contributed by atoms with Crippen molar-refractivity contribution in [3.05, 3.63) is 0 Å². The summed E-state index contributed by atoms with van der Waals surface area (Å²) in [5.41, 5.74) is 6.11. The summed E-state index contributed by atoms with van der Waals surface area (Å²) >= 11 is 0. The van der Waals surface area contributed by atoms with E-state index >= 15 is 0 Å². The van der Waals surface area contributed by atoms with Gasteiger partial charge in [0.2, 0.25) is 5.91 Å². The molecule has 0 aromatic heterocycles. The average Bonchev–Trinajstić information content (AvgIpc) is 2.34. The topological polar surface area (TPSA) is 64.3 Å². The van der Waals surface area contributed by atoms with E-state index in [2.05, 4.69) is 26.1 Å². The number of carbonyl (C=O) groups excluding carboxylic acids is 1. The van der Waals surface area contributed by atoms with Crippen molar-refractivity contribution >= 4 is 5.91 Å². The molecule has 1 aliphatic rings. The summed E-state index contributed by atoms with van der Waals surface area (Å²) in [6.45, 7) is 7.05. The first kappa shape index (κ1) is 16.4. The summed E-state index contributed by atoms with van der Waals surface area (Å²) in [6, 6.07) is 0.282. The lowest BCUT2D eigenvalue weighted by atomic mass is 9.72. The SMILES string of the molecule is CCCC(COC)NC(=O)C1CC(N)C(C)CC1C. The van der Waals surface area contributed by atoms with Gasteiger partial charge in [-0.25, -0.2) is 0 Å². The molecule has 1 fully saturated rings. The Morgan fingerprint density at radius 3 is 2.63 bits per heavy atom. The molecule has 0 saturated heterocycles. The third-order valence-corrected chi connectivity index (χ3v) is 4.38. The van der Waals surface area contributed by atoms with Crippen LogP contribution in [0.5, 0.6) is 0 Å². The van der Waals surface area contributed by atoms with Crippen LogP contribution in [0.1, 0.15) is 46.5 Å². The van der Waals surface area contributed by atoms with Gasteiger partial charge in [0, 0.05) is 19.1 Å². The molecule has 0 bridgehead atoms. The maximum Gasteiger partial charge on any atom is 0.223 e. The minimum absolute atomic E-state index is 0.0578. The molecule has 0 radical (unpaired) electrons. The highest BCUT2D eigenvalue weighted by molar-refractivity contribution is 5.79. The molecule has 19 heavy (non-hydrogen) atoms. The minimum atomic E-state index is 0.0578. The number of carbonyl (C=O) groups is 1. The number of rotatable bonds is 6. The normalized spacial score (nSPS) is 32.9. The maximum atomic E-state index is 12.4. The van der Waals surface area contributed by atoms with Crippen LogP contribution in [0.2, 0.25) is 0 Å². The third-order valence-electron chi connectivity index (χ3n) is 4.38. The van der Waals surface area contributed by atoms with E-state index in [0.29, 0.717) is 18.4 Å². The smallest absolute Gasteiger partial charge is 0.223 e. The lowest BCUT2D eigenvalue weighted by Crippen LogP contribution is -2.48. The Labute approximate surface area is 117 Å². The van der Waals surface area contributed by atoms with Gasteiger partial charge in [-0.2, -0.15) is 0 Å². The summed E-state index contributed by atoms with van der Waals surface area (Å²) < 4.78 is 5.17. The van der Waals surface area contributed by atoms with Crippen LogP contribution in [0.25, 0.3) is 0 Å². The second kappa shape index (κ2) is 7.85. The van der Waals surface area contributed by atoms with Crippen LogP contribution in [0.3, 0.4) is 0 Å². The highest BCUT2D eigenvalue weighted by Gasteiger charge is 2.35. The van der Waals surface area contributed by atoms with Gasteiger partial charge in [0.25, 0.3) is 0 Å². The molecule has 5 unspecified atom stereocenters. The van der Waals surface area contributed by atoms with Crippen molar-refractivity contribution in [2.75, 3.05) is 13.7 Å². The van der Waals surface area contributed by atoms with Crippen molar-refractivity contribution < 1.29 is 9.53 Å². The van der Waals surface area contributed by atoms with Crippen LogP contribution in [-0.2, 0) is 9.53 Å². The Balaban J connectivity index is 2.55. The van der Waals surface area contributed by atoms with Gasteiger partial charge in [0.05, 0.1) is 12.6 Å². The quantitative estimate of drug-likeness (QED) is 0.775. The van der Waals surface area contributed by atoms with E-state index in [1.54, 1.807) is 7.11 Å². The minimum Gasteiger partial charge on any atom is -0.383 e. The molecule has 0 heterocycles. The van der Waals surface area contributed by atoms with E-state index in [9.17, 15) is 4.79 Å². The zero-order valence-electron chi connectivity index (χ0n) is 12.8. The first-order valence-electron chi connectivity index (χ1n) is 7.54. The summed E-state index contributed by atoms with van der Waals surface area (Å²) in [5, 5.41) is 3.13. The summed E-state index contributed by atoms with van der Waals surface area (Å²) in [5.74, 6) is 1.15. The predicted octanol–water partition coefficient (Wildman–Crippen LogP) is 1.93. The number of amides is 1. The summed E-state index contributed by atoms with van der Waals surface area (Å²) in [4.78, 5) is 12.4. The molecule has 0 aromatic rings. The van der Waals surface area contributed by atoms with Crippen molar-refractivity contribution in [2.24, 2.45) is 23.5 Å². The van der Waals surface area contributed by atoms with Gasteiger partial charge in [-0.05, 0) is 31.1 Å². The molecule has 4 nitrogen and oxygen atoms in total. The largest absolute Gasteiger partial charge is 0.383 e. The Morgan fingerprint density at radius 1 is 1.37 bits per heavy atom. The van der Waals surface area contributed by atoms with E-state index in [1.165, 1.54) is 0 Å². The summed E-state index contributed by atoms with van der Waals surface area (Å²) in [6.07, 6.45) is 3.86. The van der Waals surface area contributed by atoms with Gasteiger partial charge < -0.3 is 15.8 Å². The zero-order valence-corrected chi connectivity index (χ0v) is 12.8. The van der Waals surface area contributed by atoms with Crippen molar-refractivity contribution in [1.82, 2.24) is 5.32 Å². The van der Waals surface area contributed by atoms with Gasteiger partial charge in [0.15, 0.2) is 0 Å². The number of hydrogen-bond acceptors (Lipinski definition) is 3. The predicted molar refractivity (Wildman–Crippen MR) is 77.7 cm³/mol. The first-order valence-corrected chi connectivity index (χ1v) is 7.54. The van der Waals surface area contributed by atoms with Crippen LogP contribution >= 0.6 is 0 Å². The van der Waals surface area contributed by atoms with Crippen molar-refractivity contribution in [1.29, 1.82) is 0 Å². The monoisotopic (exact) mass is 270 g/mol. The van der Waals surface area contributed by atoms with E-state index in [0.717, 1.165) is 25.7 Å². The molecular formula is C15H30N2O2. The average molecular weight is 270 g/mol. The first-order chi connectivity index (χ1) is 8.99. The van der Waals surface area contributed by atoms with E-state index in [1.807, 2.05) is 0 Å². The maximum absolute atomic E-state index is 12.4. The molecular weight excluding hydrogens is 240 g/mol. The lowest BCUT2D eigenvalue weighted by molar-refractivity contribution is -0.129. The molecule has 1 saturated carbocycles. The lowest BCUT2D eigenvalue weighted by Gasteiger charge is -2.36. The Morgan fingerprint density at radius 2 is 2.05 bits per heavy atom. The molecule has 3 N–H and O–H groups in total. The molecule has 5 atom stereocenters. The van der Waals surface area contributed by atoms with Crippen LogP contribution in [0.4, 0.5) is 0 Å².